The van der Waals surface area contributed by atoms with Crippen molar-refractivity contribution in [1.82, 2.24) is 5.32 Å². The van der Waals surface area contributed by atoms with Gasteiger partial charge < -0.3 is 24.3 Å². The number of rotatable bonds is 10. The summed E-state index contributed by atoms with van der Waals surface area (Å²) in [6, 6.07) is 11.1. The summed E-state index contributed by atoms with van der Waals surface area (Å²) in [5, 5.41) is 2.85. The van der Waals surface area contributed by atoms with Gasteiger partial charge in [-0.05, 0) is 55.3 Å². The number of nitrogens with one attached hydrogen (secondary N) is 1. The van der Waals surface area contributed by atoms with Gasteiger partial charge in [0.25, 0.3) is 0 Å². The molecule has 2 aromatic carbocycles. The molecule has 0 aromatic heterocycles. The normalized spacial score (nSPS) is 10.6. The van der Waals surface area contributed by atoms with Crippen molar-refractivity contribution >= 4 is 12.0 Å². The Morgan fingerprint density at radius 3 is 2.18 bits per heavy atom. The molecule has 0 aliphatic rings. The number of methoxy groups -OCH3 is 2. The maximum absolute atomic E-state index is 12.2. The number of ether oxygens (including phenoxy) is 4. The van der Waals surface area contributed by atoms with Crippen LogP contribution in [0.15, 0.2) is 42.5 Å². The van der Waals surface area contributed by atoms with E-state index in [1.165, 1.54) is 6.08 Å². The van der Waals surface area contributed by atoms with Crippen molar-refractivity contribution in [3.05, 3.63) is 53.6 Å². The molecule has 0 saturated carbocycles. The molecule has 0 atom stereocenters. The number of hydrogen-bond donors (Lipinski definition) is 1. The molecule has 0 unspecified atom stereocenters. The highest BCUT2D eigenvalue weighted by atomic mass is 16.5. The molecule has 0 fully saturated rings. The van der Waals surface area contributed by atoms with E-state index in [4.69, 9.17) is 18.9 Å². The molecule has 0 heterocycles. The van der Waals surface area contributed by atoms with Crippen molar-refractivity contribution < 1.29 is 23.7 Å². The van der Waals surface area contributed by atoms with Gasteiger partial charge in [0, 0.05) is 18.7 Å². The summed E-state index contributed by atoms with van der Waals surface area (Å²) < 4.78 is 21.6. The molecule has 2 rings (SSSR count). The van der Waals surface area contributed by atoms with E-state index in [1.54, 1.807) is 26.4 Å². The van der Waals surface area contributed by atoms with E-state index in [0.717, 1.165) is 11.1 Å². The lowest BCUT2D eigenvalue weighted by Gasteiger charge is -2.11. The Morgan fingerprint density at radius 2 is 1.57 bits per heavy atom. The van der Waals surface area contributed by atoms with E-state index in [2.05, 4.69) is 5.32 Å². The highest BCUT2D eigenvalue weighted by Gasteiger charge is 2.06. The summed E-state index contributed by atoms with van der Waals surface area (Å²) in [4.78, 5) is 12.2. The molecular formula is C22H27NO5. The zero-order chi connectivity index (χ0) is 20.4. The highest BCUT2D eigenvalue weighted by Crippen LogP contribution is 2.29. The van der Waals surface area contributed by atoms with Crippen LogP contribution in [0.5, 0.6) is 23.0 Å². The first-order valence-corrected chi connectivity index (χ1v) is 9.17. The molecule has 1 amide bonds. The van der Waals surface area contributed by atoms with E-state index >= 15 is 0 Å². The number of carbonyl (C=O) groups excluding carboxylic acids is 1. The second kappa shape index (κ2) is 10.9. The fraction of sp³-hybridized carbons (Fsp3) is 0.318. The van der Waals surface area contributed by atoms with Crippen molar-refractivity contribution in [3.63, 3.8) is 0 Å². The number of carbonyl (C=O) groups is 1. The van der Waals surface area contributed by atoms with Gasteiger partial charge in [-0.3, -0.25) is 4.79 Å². The molecule has 6 nitrogen and oxygen atoms in total. The van der Waals surface area contributed by atoms with Crippen LogP contribution in [0.25, 0.3) is 6.08 Å². The van der Waals surface area contributed by atoms with Crippen LogP contribution >= 0.6 is 0 Å². The fourth-order valence-corrected chi connectivity index (χ4v) is 2.56. The lowest BCUT2D eigenvalue weighted by molar-refractivity contribution is -0.116. The quantitative estimate of drug-likeness (QED) is 0.630. The lowest BCUT2D eigenvalue weighted by atomic mass is 10.1. The third kappa shape index (κ3) is 6.23. The monoisotopic (exact) mass is 385 g/mol. The van der Waals surface area contributed by atoms with Gasteiger partial charge >= 0.3 is 0 Å². The summed E-state index contributed by atoms with van der Waals surface area (Å²) in [5.74, 6) is 2.51. The Bertz CT molecular complexity index is 794. The van der Waals surface area contributed by atoms with Crippen LogP contribution in [0, 0.1) is 0 Å². The highest BCUT2D eigenvalue weighted by molar-refractivity contribution is 5.91. The lowest BCUT2D eigenvalue weighted by Crippen LogP contribution is -2.20. The summed E-state index contributed by atoms with van der Waals surface area (Å²) in [6.45, 7) is 5.31. The van der Waals surface area contributed by atoms with Crippen molar-refractivity contribution in [2.45, 2.75) is 20.4 Å². The van der Waals surface area contributed by atoms with Crippen LogP contribution in [0.3, 0.4) is 0 Å². The van der Waals surface area contributed by atoms with Gasteiger partial charge in [0.05, 0.1) is 27.4 Å². The zero-order valence-electron chi connectivity index (χ0n) is 16.8. The van der Waals surface area contributed by atoms with Gasteiger partial charge in [0.1, 0.15) is 11.5 Å². The molecule has 0 aliphatic heterocycles. The minimum atomic E-state index is -0.200. The molecular weight excluding hydrogens is 358 g/mol. The Kier molecular flexibility index (Phi) is 8.21. The summed E-state index contributed by atoms with van der Waals surface area (Å²) >= 11 is 0. The van der Waals surface area contributed by atoms with E-state index in [9.17, 15) is 4.79 Å². The van der Waals surface area contributed by atoms with Gasteiger partial charge in [-0.2, -0.15) is 0 Å². The number of hydrogen-bond acceptors (Lipinski definition) is 5. The van der Waals surface area contributed by atoms with Gasteiger partial charge in [0.2, 0.25) is 5.91 Å². The number of amides is 1. The van der Waals surface area contributed by atoms with E-state index in [1.807, 2.05) is 44.2 Å². The van der Waals surface area contributed by atoms with Gasteiger partial charge in [-0.1, -0.05) is 6.07 Å². The van der Waals surface area contributed by atoms with Crippen LogP contribution in [0.2, 0.25) is 0 Å². The topological polar surface area (TPSA) is 66.0 Å². The maximum Gasteiger partial charge on any atom is 0.244 e. The molecule has 150 valence electrons. The molecule has 1 N–H and O–H groups in total. The Labute approximate surface area is 166 Å². The average molecular weight is 385 g/mol. The van der Waals surface area contributed by atoms with Crippen molar-refractivity contribution in [2.24, 2.45) is 0 Å². The van der Waals surface area contributed by atoms with Gasteiger partial charge in [-0.25, -0.2) is 0 Å². The van der Waals surface area contributed by atoms with Gasteiger partial charge in [0.15, 0.2) is 11.5 Å². The molecule has 28 heavy (non-hydrogen) atoms. The molecule has 0 aliphatic carbocycles. The Hall–Kier alpha value is -3.15. The smallest absolute Gasteiger partial charge is 0.244 e. The minimum Gasteiger partial charge on any atom is -0.497 e. The zero-order valence-corrected chi connectivity index (χ0v) is 16.8. The molecule has 0 saturated heterocycles. The van der Waals surface area contributed by atoms with E-state index in [0.29, 0.717) is 42.8 Å². The van der Waals surface area contributed by atoms with E-state index < -0.39 is 0 Å². The first-order chi connectivity index (χ1) is 13.6. The predicted octanol–water partition coefficient (Wildman–Crippen LogP) is 3.83. The summed E-state index contributed by atoms with van der Waals surface area (Å²) in [6.07, 6.45) is 3.22. The van der Waals surface area contributed by atoms with Crippen LogP contribution in [0.4, 0.5) is 0 Å². The van der Waals surface area contributed by atoms with Crippen molar-refractivity contribution in [3.8, 4) is 23.0 Å². The standard InChI is InChI=1S/C22H27NO5/c1-5-27-20-9-7-16(13-21(20)28-6-2)8-10-22(24)23-15-17-11-18(25-3)14-19(12-17)26-4/h7-14H,5-6,15H2,1-4H3,(H,23,24)/b10-8+. The van der Waals surface area contributed by atoms with Crippen molar-refractivity contribution in [2.75, 3.05) is 27.4 Å². The first-order valence-electron chi connectivity index (χ1n) is 9.17. The third-order valence-corrected chi connectivity index (χ3v) is 3.87. The molecule has 0 spiro atoms. The van der Waals surface area contributed by atoms with E-state index in [-0.39, 0.29) is 5.91 Å². The van der Waals surface area contributed by atoms with Crippen LogP contribution in [-0.2, 0) is 11.3 Å². The number of benzene rings is 2. The van der Waals surface area contributed by atoms with Crippen LogP contribution < -0.4 is 24.3 Å². The molecule has 2 aromatic rings. The fourth-order valence-electron chi connectivity index (χ4n) is 2.56. The Morgan fingerprint density at radius 1 is 0.929 bits per heavy atom. The average Bonchev–Trinajstić information content (AvgIpc) is 2.72. The van der Waals surface area contributed by atoms with Gasteiger partial charge in [-0.15, -0.1) is 0 Å². The maximum atomic E-state index is 12.2. The molecule has 0 radical (unpaired) electrons. The van der Waals surface area contributed by atoms with Crippen LogP contribution in [0.1, 0.15) is 25.0 Å². The van der Waals surface area contributed by atoms with Crippen LogP contribution in [-0.4, -0.2) is 33.3 Å². The second-order valence-electron chi connectivity index (χ2n) is 5.84. The second-order valence-corrected chi connectivity index (χ2v) is 5.84. The molecule has 6 heteroatoms. The summed E-state index contributed by atoms with van der Waals surface area (Å²) in [5.41, 5.74) is 1.74. The third-order valence-electron chi connectivity index (χ3n) is 3.87. The Balaban J connectivity index is 2.01. The minimum absolute atomic E-state index is 0.200. The molecule has 0 bridgehead atoms. The predicted molar refractivity (Wildman–Crippen MR) is 109 cm³/mol. The first kappa shape index (κ1) is 21.2. The van der Waals surface area contributed by atoms with Crippen molar-refractivity contribution in [1.29, 1.82) is 0 Å². The summed E-state index contributed by atoms with van der Waals surface area (Å²) in [7, 11) is 3.18. The largest absolute Gasteiger partial charge is 0.497 e. The SMILES string of the molecule is CCOc1ccc(/C=C/C(=O)NCc2cc(OC)cc(OC)c2)cc1OCC.